The van der Waals surface area contributed by atoms with E-state index in [4.69, 9.17) is 9.47 Å². The molecular formula is C13H27NO3. The Morgan fingerprint density at radius 3 is 2.29 bits per heavy atom. The van der Waals surface area contributed by atoms with Crippen molar-refractivity contribution in [2.45, 2.75) is 45.5 Å². The Bertz CT molecular complexity index is 189. The molecule has 0 aromatic rings. The van der Waals surface area contributed by atoms with Gasteiger partial charge in [-0.2, -0.15) is 0 Å². The van der Waals surface area contributed by atoms with Crippen molar-refractivity contribution in [2.24, 2.45) is 5.92 Å². The van der Waals surface area contributed by atoms with Crippen molar-refractivity contribution in [3.8, 4) is 0 Å². The van der Waals surface area contributed by atoms with Crippen LogP contribution >= 0.6 is 0 Å². The quantitative estimate of drug-likeness (QED) is 0.625. The van der Waals surface area contributed by atoms with Crippen LogP contribution in [0.5, 0.6) is 0 Å². The van der Waals surface area contributed by atoms with Crippen LogP contribution in [-0.2, 0) is 9.47 Å². The summed E-state index contributed by atoms with van der Waals surface area (Å²) >= 11 is 0. The van der Waals surface area contributed by atoms with Gasteiger partial charge in [-0.1, -0.05) is 0 Å². The lowest BCUT2D eigenvalue weighted by Gasteiger charge is -2.34. The lowest BCUT2D eigenvalue weighted by Crippen LogP contribution is -2.38. The maximum atomic E-state index is 9.23. The lowest BCUT2D eigenvalue weighted by atomic mass is 9.82. The number of hydrogen-bond acceptors (Lipinski definition) is 4. The van der Waals surface area contributed by atoms with Crippen LogP contribution in [0.2, 0.25) is 0 Å². The van der Waals surface area contributed by atoms with Gasteiger partial charge in [0.1, 0.15) is 0 Å². The Balaban J connectivity index is 2.09. The Hall–Kier alpha value is -0.160. The molecule has 0 aromatic carbocycles. The van der Waals surface area contributed by atoms with E-state index in [0.29, 0.717) is 19.1 Å². The fraction of sp³-hybridized carbons (Fsp3) is 1.00. The van der Waals surface area contributed by atoms with E-state index in [2.05, 4.69) is 11.9 Å². The summed E-state index contributed by atoms with van der Waals surface area (Å²) in [4.78, 5) is 2.31. The third-order valence-corrected chi connectivity index (χ3v) is 3.23. The average molecular weight is 245 g/mol. The summed E-state index contributed by atoms with van der Waals surface area (Å²) in [6, 6.07) is 0. The molecular weight excluding hydrogens is 218 g/mol. The Morgan fingerprint density at radius 1 is 1.24 bits per heavy atom. The molecule has 0 amide bonds. The fourth-order valence-electron chi connectivity index (χ4n) is 2.29. The molecule has 1 aliphatic carbocycles. The summed E-state index contributed by atoms with van der Waals surface area (Å²) < 4.78 is 11.0. The second-order valence-electron chi connectivity index (χ2n) is 4.88. The van der Waals surface area contributed by atoms with Gasteiger partial charge in [0.15, 0.2) is 6.29 Å². The van der Waals surface area contributed by atoms with E-state index in [0.717, 1.165) is 32.4 Å². The summed E-state index contributed by atoms with van der Waals surface area (Å²) in [6.45, 7) is 7.43. The molecule has 1 rings (SSSR count). The number of ether oxygens (including phenoxy) is 2. The number of aliphatic hydroxyl groups excluding tert-OH is 1. The van der Waals surface area contributed by atoms with Crippen molar-refractivity contribution in [3.05, 3.63) is 0 Å². The van der Waals surface area contributed by atoms with Gasteiger partial charge < -0.3 is 19.5 Å². The zero-order valence-electron chi connectivity index (χ0n) is 11.4. The van der Waals surface area contributed by atoms with Gasteiger partial charge in [0.2, 0.25) is 0 Å². The predicted molar refractivity (Wildman–Crippen MR) is 67.9 cm³/mol. The van der Waals surface area contributed by atoms with Crippen LogP contribution in [0.15, 0.2) is 0 Å². The standard InChI is InChI=1S/C13H27NO3/c1-4-16-13(17-5-2)6-7-14(3)10-11-8-12(15)9-11/h11-13,15H,4-10H2,1-3H3. The van der Waals surface area contributed by atoms with Gasteiger partial charge in [-0.05, 0) is 39.7 Å². The van der Waals surface area contributed by atoms with Crippen molar-refractivity contribution in [2.75, 3.05) is 33.4 Å². The molecule has 1 saturated carbocycles. The van der Waals surface area contributed by atoms with Crippen molar-refractivity contribution >= 4 is 0 Å². The highest BCUT2D eigenvalue weighted by Gasteiger charge is 2.27. The van der Waals surface area contributed by atoms with Crippen molar-refractivity contribution in [3.63, 3.8) is 0 Å². The molecule has 4 nitrogen and oxygen atoms in total. The summed E-state index contributed by atoms with van der Waals surface area (Å²) in [6.07, 6.45) is 2.72. The molecule has 4 heteroatoms. The maximum absolute atomic E-state index is 9.23. The average Bonchev–Trinajstić information content (AvgIpc) is 2.24. The van der Waals surface area contributed by atoms with Crippen molar-refractivity contribution in [1.82, 2.24) is 4.90 Å². The lowest BCUT2D eigenvalue weighted by molar-refractivity contribution is -0.141. The first kappa shape index (κ1) is 14.9. The van der Waals surface area contributed by atoms with E-state index >= 15 is 0 Å². The molecule has 0 radical (unpaired) electrons. The molecule has 0 bridgehead atoms. The highest BCUT2D eigenvalue weighted by molar-refractivity contribution is 4.80. The van der Waals surface area contributed by atoms with Crippen LogP contribution < -0.4 is 0 Å². The van der Waals surface area contributed by atoms with Crippen LogP contribution in [0.1, 0.15) is 33.1 Å². The van der Waals surface area contributed by atoms with Crippen molar-refractivity contribution < 1.29 is 14.6 Å². The molecule has 0 spiro atoms. The molecule has 17 heavy (non-hydrogen) atoms. The van der Waals surface area contributed by atoms with Gasteiger partial charge in [-0.25, -0.2) is 0 Å². The fourth-order valence-corrected chi connectivity index (χ4v) is 2.29. The summed E-state index contributed by atoms with van der Waals surface area (Å²) in [7, 11) is 2.12. The highest BCUT2D eigenvalue weighted by Crippen LogP contribution is 2.27. The topological polar surface area (TPSA) is 41.9 Å². The van der Waals surface area contributed by atoms with Crippen molar-refractivity contribution in [1.29, 1.82) is 0 Å². The zero-order valence-corrected chi connectivity index (χ0v) is 11.4. The Kier molecular flexibility index (Phi) is 7.04. The second kappa shape index (κ2) is 8.03. The predicted octanol–water partition coefficient (Wildman–Crippen LogP) is 1.48. The third-order valence-electron chi connectivity index (χ3n) is 3.23. The van der Waals surface area contributed by atoms with E-state index in [1.54, 1.807) is 0 Å². The van der Waals surface area contributed by atoms with Crippen LogP contribution in [-0.4, -0.2) is 55.8 Å². The van der Waals surface area contributed by atoms with Crippen LogP contribution in [0.25, 0.3) is 0 Å². The monoisotopic (exact) mass is 245 g/mol. The summed E-state index contributed by atoms with van der Waals surface area (Å²) in [5, 5.41) is 9.23. The first-order chi connectivity index (χ1) is 8.15. The molecule has 102 valence electrons. The van der Waals surface area contributed by atoms with E-state index < -0.39 is 0 Å². The summed E-state index contributed by atoms with van der Waals surface area (Å²) in [5.41, 5.74) is 0. The van der Waals surface area contributed by atoms with Gasteiger partial charge in [-0.3, -0.25) is 0 Å². The zero-order chi connectivity index (χ0) is 12.7. The van der Waals surface area contributed by atoms with Gasteiger partial charge in [0.25, 0.3) is 0 Å². The maximum Gasteiger partial charge on any atom is 0.158 e. The molecule has 1 aliphatic rings. The smallest absolute Gasteiger partial charge is 0.158 e. The number of aliphatic hydroxyl groups is 1. The minimum Gasteiger partial charge on any atom is -0.393 e. The number of nitrogens with zero attached hydrogens (tertiary/aromatic N) is 1. The first-order valence-corrected chi connectivity index (χ1v) is 6.75. The second-order valence-corrected chi connectivity index (χ2v) is 4.88. The van der Waals surface area contributed by atoms with Gasteiger partial charge in [-0.15, -0.1) is 0 Å². The number of hydrogen-bond donors (Lipinski definition) is 1. The molecule has 0 aliphatic heterocycles. The molecule has 1 N–H and O–H groups in total. The molecule has 0 atom stereocenters. The van der Waals surface area contributed by atoms with Crippen LogP contribution in [0.4, 0.5) is 0 Å². The largest absolute Gasteiger partial charge is 0.393 e. The SMILES string of the molecule is CCOC(CCN(C)CC1CC(O)C1)OCC. The third kappa shape index (κ3) is 5.82. The van der Waals surface area contributed by atoms with E-state index in [-0.39, 0.29) is 12.4 Å². The normalized spacial score (nSPS) is 24.4. The summed E-state index contributed by atoms with van der Waals surface area (Å²) in [5.74, 6) is 0.674. The highest BCUT2D eigenvalue weighted by atomic mass is 16.7. The Morgan fingerprint density at radius 2 is 1.82 bits per heavy atom. The van der Waals surface area contributed by atoms with Crippen LogP contribution in [0.3, 0.4) is 0 Å². The molecule has 0 saturated heterocycles. The minimum absolute atomic E-state index is 0.0482. The van der Waals surface area contributed by atoms with Gasteiger partial charge >= 0.3 is 0 Å². The van der Waals surface area contributed by atoms with Gasteiger partial charge in [0, 0.05) is 32.7 Å². The first-order valence-electron chi connectivity index (χ1n) is 6.75. The molecule has 0 unspecified atom stereocenters. The van der Waals surface area contributed by atoms with Crippen LogP contribution in [0, 0.1) is 5.92 Å². The molecule has 1 fully saturated rings. The van der Waals surface area contributed by atoms with E-state index in [1.807, 2.05) is 13.8 Å². The number of rotatable bonds is 9. The molecule has 0 aromatic heterocycles. The minimum atomic E-state index is -0.0700. The Labute approximate surface area is 105 Å². The van der Waals surface area contributed by atoms with E-state index in [1.165, 1.54) is 0 Å². The molecule has 0 heterocycles. The van der Waals surface area contributed by atoms with E-state index in [9.17, 15) is 5.11 Å². The van der Waals surface area contributed by atoms with Gasteiger partial charge in [0.05, 0.1) is 6.10 Å².